The lowest BCUT2D eigenvalue weighted by molar-refractivity contribution is 0.0386. The highest BCUT2D eigenvalue weighted by Gasteiger charge is 2.22. The molecule has 4 rings (SSSR count). The highest BCUT2D eigenvalue weighted by molar-refractivity contribution is 7.14. The SMILES string of the molecule is CN1COc2ccc3c(=O)n(COC(=O)c4c(Cl)cccc4Cl)sc3c2C1. The van der Waals surface area contributed by atoms with E-state index >= 15 is 0 Å². The fraction of sp³-hybridized carbons (Fsp3) is 0.222. The Labute approximate surface area is 168 Å². The molecule has 1 aromatic heterocycles. The van der Waals surface area contributed by atoms with Crippen LogP contribution in [0.4, 0.5) is 0 Å². The predicted molar refractivity (Wildman–Crippen MR) is 105 cm³/mol. The number of hydrogen-bond acceptors (Lipinski definition) is 6. The van der Waals surface area contributed by atoms with E-state index in [1.165, 1.54) is 15.5 Å². The van der Waals surface area contributed by atoms with Crippen LogP contribution in [0.5, 0.6) is 5.75 Å². The van der Waals surface area contributed by atoms with Crippen LogP contribution in [0.2, 0.25) is 10.0 Å². The Bertz CT molecular complexity index is 1090. The zero-order chi connectivity index (χ0) is 19.1. The summed E-state index contributed by atoms with van der Waals surface area (Å²) < 4.78 is 13.2. The first-order chi connectivity index (χ1) is 13.0. The highest BCUT2D eigenvalue weighted by Crippen LogP contribution is 2.33. The molecule has 0 radical (unpaired) electrons. The second-order valence-electron chi connectivity index (χ2n) is 6.14. The van der Waals surface area contributed by atoms with E-state index in [4.69, 9.17) is 32.7 Å². The molecule has 0 saturated carbocycles. The summed E-state index contributed by atoms with van der Waals surface area (Å²) >= 11 is 13.3. The minimum atomic E-state index is -0.681. The average Bonchev–Trinajstić information content (AvgIpc) is 2.96. The molecule has 2 heterocycles. The summed E-state index contributed by atoms with van der Waals surface area (Å²) in [6.07, 6.45) is 0. The van der Waals surface area contributed by atoms with Crippen molar-refractivity contribution in [2.45, 2.75) is 13.3 Å². The molecule has 0 atom stereocenters. The second kappa shape index (κ2) is 7.16. The summed E-state index contributed by atoms with van der Waals surface area (Å²) in [5, 5.41) is 0.973. The number of hydrogen-bond donors (Lipinski definition) is 0. The van der Waals surface area contributed by atoms with Crippen LogP contribution in [0.1, 0.15) is 15.9 Å². The quantitative estimate of drug-likeness (QED) is 0.595. The lowest BCUT2D eigenvalue weighted by atomic mass is 10.1. The fourth-order valence-electron chi connectivity index (χ4n) is 2.92. The van der Waals surface area contributed by atoms with Gasteiger partial charge in [-0.05, 0) is 31.3 Å². The van der Waals surface area contributed by atoms with Gasteiger partial charge >= 0.3 is 5.97 Å². The average molecular weight is 425 g/mol. The molecule has 0 fully saturated rings. The molecule has 6 nitrogen and oxygen atoms in total. The number of esters is 1. The highest BCUT2D eigenvalue weighted by atomic mass is 35.5. The van der Waals surface area contributed by atoms with Crippen molar-refractivity contribution in [3.63, 3.8) is 0 Å². The van der Waals surface area contributed by atoms with E-state index in [0.29, 0.717) is 18.7 Å². The zero-order valence-electron chi connectivity index (χ0n) is 14.2. The van der Waals surface area contributed by atoms with Crippen molar-refractivity contribution in [1.29, 1.82) is 0 Å². The maximum absolute atomic E-state index is 12.7. The first kappa shape index (κ1) is 18.3. The van der Waals surface area contributed by atoms with Gasteiger partial charge in [-0.3, -0.25) is 9.69 Å². The van der Waals surface area contributed by atoms with E-state index in [-0.39, 0.29) is 27.9 Å². The summed E-state index contributed by atoms with van der Waals surface area (Å²) in [7, 11) is 1.94. The molecule has 0 unspecified atom stereocenters. The van der Waals surface area contributed by atoms with E-state index < -0.39 is 5.97 Å². The molecule has 1 aliphatic rings. The van der Waals surface area contributed by atoms with E-state index in [1.54, 1.807) is 30.3 Å². The maximum Gasteiger partial charge on any atom is 0.342 e. The van der Waals surface area contributed by atoms with Gasteiger partial charge < -0.3 is 9.47 Å². The molecule has 2 aromatic carbocycles. The third-order valence-electron chi connectivity index (χ3n) is 4.22. The van der Waals surface area contributed by atoms with Crippen molar-refractivity contribution in [2.75, 3.05) is 13.8 Å². The maximum atomic E-state index is 12.7. The number of aromatic nitrogens is 1. The van der Waals surface area contributed by atoms with E-state index in [9.17, 15) is 9.59 Å². The van der Waals surface area contributed by atoms with Gasteiger partial charge in [0.15, 0.2) is 6.73 Å². The van der Waals surface area contributed by atoms with Crippen LogP contribution in [0.15, 0.2) is 35.1 Å². The zero-order valence-corrected chi connectivity index (χ0v) is 16.5. The summed E-state index contributed by atoms with van der Waals surface area (Å²) in [4.78, 5) is 27.0. The third-order valence-corrected chi connectivity index (χ3v) is 5.99. The predicted octanol–water partition coefficient (Wildman–Crippen LogP) is 3.97. The first-order valence-electron chi connectivity index (χ1n) is 8.04. The summed E-state index contributed by atoms with van der Waals surface area (Å²) in [6.45, 7) is 0.968. The molecule has 0 bridgehead atoms. The van der Waals surface area contributed by atoms with Crippen LogP contribution in [0, 0.1) is 0 Å². The van der Waals surface area contributed by atoms with Crippen LogP contribution < -0.4 is 10.3 Å². The van der Waals surface area contributed by atoms with Crippen molar-refractivity contribution in [3.8, 4) is 5.75 Å². The summed E-state index contributed by atoms with van der Waals surface area (Å²) in [5.41, 5.74) is 0.828. The van der Waals surface area contributed by atoms with Crippen molar-refractivity contribution in [3.05, 3.63) is 61.9 Å². The lowest BCUT2D eigenvalue weighted by Gasteiger charge is -2.25. The molecule has 140 valence electrons. The van der Waals surface area contributed by atoms with Crippen molar-refractivity contribution in [2.24, 2.45) is 0 Å². The topological polar surface area (TPSA) is 60.8 Å². The number of nitrogens with zero attached hydrogens (tertiary/aromatic N) is 2. The number of carbonyl (C=O) groups is 1. The van der Waals surface area contributed by atoms with Gasteiger partial charge in [0, 0.05) is 12.1 Å². The number of benzene rings is 2. The molecule has 0 aliphatic carbocycles. The Hall–Kier alpha value is -2.06. The molecule has 1 aliphatic heterocycles. The number of rotatable bonds is 3. The molecule has 0 amide bonds. The first-order valence-corrected chi connectivity index (χ1v) is 9.57. The normalized spacial score (nSPS) is 14.0. The van der Waals surface area contributed by atoms with Gasteiger partial charge in [0.05, 0.1) is 25.7 Å². The molecule has 0 saturated heterocycles. The van der Waals surface area contributed by atoms with E-state index in [2.05, 4.69) is 0 Å². The van der Waals surface area contributed by atoms with Crippen LogP contribution in [0.3, 0.4) is 0 Å². The van der Waals surface area contributed by atoms with Crippen molar-refractivity contribution >= 4 is 50.8 Å². The van der Waals surface area contributed by atoms with E-state index in [1.807, 2.05) is 11.9 Å². The molecule has 3 aromatic rings. The minimum absolute atomic E-state index is 0.0856. The fourth-order valence-corrected chi connectivity index (χ4v) is 4.50. The number of ether oxygens (including phenoxy) is 2. The smallest absolute Gasteiger partial charge is 0.342 e. The van der Waals surface area contributed by atoms with Gasteiger partial charge in [0.1, 0.15) is 12.5 Å². The largest absolute Gasteiger partial charge is 0.478 e. The van der Waals surface area contributed by atoms with Crippen molar-refractivity contribution in [1.82, 2.24) is 8.86 Å². The lowest BCUT2D eigenvalue weighted by Crippen LogP contribution is -2.28. The van der Waals surface area contributed by atoms with Gasteiger partial charge in [-0.25, -0.2) is 8.75 Å². The van der Waals surface area contributed by atoms with Crippen molar-refractivity contribution < 1.29 is 14.3 Å². The molecule has 27 heavy (non-hydrogen) atoms. The van der Waals surface area contributed by atoms with E-state index in [0.717, 1.165) is 16.0 Å². The molecule has 0 spiro atoms. The third kappa shape index (κ3) is 3.32. The Balaban J connectivity index is 1.63. The Kier molecular flexibility index (Phi) is 4.86. The molecule has 9 heteroatoms. The van der Waals surface area contributed by atoms with Crippen LogP contribution in [-0.4, -0.2) is 28.6 Å². The van der Waals surface area contributed by atoms with Gasteiger partial charge in [0.25, 0.3) is 5.56 Å². The summed E-state index contributed by atoms with van der Waals surface area (Å²) in [5.74, 6) is 0.0916. The van der Waals surface area contributed by atoms with Gasteiger partial charge in [-0.15, -0.1) is 0 Å². The number of fused-ring (bicyclic) bond motifs is 3. The van der Waals surface area contributed by atoms with Gasteiger partial charge in [-0.2, -0.15) is 0 Å². The monoisotopic (exact) mass is 424 g/mol. The van der Waals surface area contributed by atoms with Crippen LogP contribution >= 0.6 is 34.7 Å². The second-order valence-corrected chi connectivity index (χ2v) is 7.99. The Morgan fingerprint density at radius 2 is 2.00 bits per heavy atom. The minimum Gasteiger partial charge on any atom is -0.478 e. The summed E-state index contributed by atoms with van der Waals surface area (Å²) in [6, 6.07) is 8.29. The Morgan fingerprint density at radius 1 is 1.26 bits per heavy atom. The standard InChI is InChI=1S/C18H14Cl2N2O4S/c1-21-7-11-14(25-8-21)6-5-10-16(11)27-22(17(10)23)9-26-18(24)15-12(19)3-2-4-13(15)20/h2-6H,7-9H2,1H3. The van der Waals surface area contributed by atoms with Gasteiger partial charge in [0.2, 0.25) is 0 Å². The molecular formula is C18H14Cl2N2O4S. The number of carbonyl (C=O) groups excluding carboxylic acids is 1. The van der Waals surface area contributed by atoms with Gasteiger partial charge in [-0.1, -0.05) is 40.8 Å². The number of halogens is 2. The van der Waals surface area contributed by atoms with Crippen LogP contribution in [-0.2, 0) is 18.0 Å². The molecular weight excluding hydrogens is 411 g/mol. The Morgan fingerprint density at radius 3 is 2.74 bits per heavy atom. The van der Waals surface area contributed by atoms with Crippen LogP contribution in [0.25, 0.3) is 10.1 Å². The molecule has 0 N–H and O–H groups in total.